The van der Waals surface area contributed by atoms with E-state index in [1.165, 1.54) is 7.11 Å². The highest BCUT2D eigenvalue weighted by molar-refractivity contribution is 6.09. The quantitative estimate of drug-likeness (QED) is 0.505. The third kappa shape index (κ3) is 5.05. The van der Waals surface area contributed by atoms with Crippen molar-refractivity contribution in [2.24, 2.45) is 10.9 Å². The molecule has 8 nitrogen and oxygen atoms in total. The van der Waals surface area contributed by atoms with Crippen LogP contribution in [0.25, 0.3) is 0 Å². The summed E-state index contributed by atoms with van der Waals surface area (Å²) < 4.78 is 21.5. The average molecular weight is 508 g/mol. The zero-order valence-electron chi connectivity index (χ0n) is 21.9. The van der Waals surface area contributed by atoms with Crippen molar-refractivity contribution in [3.05, 3.63) is 58.8 Å². The van der Waals surface area contributed by atoms with Gasteiger partial charge in [0.25, 0.3) is 0 Å². The number of phenols is 1. The molecule has 1 unspecified atom stereocenters. The van der Waals surface area contributed by atoms with Gasteiger partial charge in [-0.05, 0) is 61.1 Å². The van der Waals surface area contributed by atoms with Crippen LogP contribution in [0, 0.1) is 5.92 Å². The van der Waals surface area contributed by atoms with Crippen molar-refractivity contribution in [3.8, 4) is 23.0 Å². The molecule has 37 heavy (non-hydrogen) atoms. The molecular formula is C29H33NO7. The molecule has 0 spiro atoms. The number of phenolic OH excluding ortho intramolecular Hbond substituents is 1. The summed E-state index contributed by atoms with van der Waals surface area (Å²) in [7, 11) is 4.63. The number of hydrogen-bond acceptors (Lipinski definition) is 8. The van der Waals surface area contributed by atoms with Gasteiger partial charge in [0.15, 0.2) is 28.8 Å². The van der Waals surface area contributed by atoms with E-state index in [4.69, 9.17) is 23.9 Å². The molecule has 1 aliphatic heterocycles. The van der Waals surface area contributed by atoms with Gasteiger partial charge in [0.05, 0.1) is 27.9 Å². The van der Waals surface area contributed by atoms with Crippen molar-refractivity contribution < 1.29 is 33.6 Å². The normalized spacial score (nSPS) is 21.2. The summed E-state index contributed by atoms with van der Waals surface area (Å²) in [5, 5.41) is 10.5. The van der Waals surface area contributed by atoms with Crippen molar-refractivity contribution in [2.45, 2.75) is 44.9 Å². The first-order valence-electron chi connectivity index (χ1n) is 12.4. The van der Waals surface area contributed by atoms with Crippen molar-refractivity contribution in [1.29, 1.82) is 0 Å². The average Bonchev–Trinajstić information content (AvgIpc) is 2.90. The molecule has 2 aromatic rings. The summed E-state index contributed by atoms with van der Waals surface area (Å²) >= 11 is 0. The van der Waals surface area contributed by atoms with Gasteiger partial charge in [0.2, 0.25) is 0 Å². The Kier molecular flexibility index (Phi) is 7.86. The fourth-order valence-corrected chi connectivity index (χ4v) is 5.26. The van der Waals surface area contributed by atoms with Gasteiger partial charge in [-0.2, -0.15) is 0 Å². The van der Waals surface area contributed by atoms with Crippen molar-refractivity contribution >= 4 is 17.5 Å². The minimum atomic E-state index is -0.764. The maximum Gasteiger partial charge on any atom is 0.315 e. The second-order valence-corrected chi connectivity index (χ2v) is 9.31. The van der Waals surface area contributed by atoms with Crippen LogP contribution in [-0.2, 0) is 14.3 Å². The molecule has 0 fully saturated rings. The van der Waals surface area contributed by atoms with E-state index < -0.39 is 17.8 Å². The number of carbonyl (C=O) groups excluding carboxylic acids is 2. The van der Waals surface area contributed by atoms with Gasteiger partial charge in [0, 0.05) is 29.3 Å². The molecule has 3 atom stereocenters. The number of ether oxygens (including phenoxy) is 4. The highest BCUT2D eigenvalue weighted by Crippen LogP contribution is 2.48. The van der Waals surface area contributed by atoms with Crippen LogP contribution in [0.1, 0.15) is 56.1 Å². The number of allylic oxidation sites excluding steroid dienone is 2. The number of nitrogens with zero attached hydrogens (tertiary/aromatic N) is 1. The summed E-state index contributed by atoms with van der Waals surface area (Å²) in [6.45, 7) is 4.00. The first kappa shape index (κ1) is 26.3. The van der Waals surface area contributed by atoms with Crippen LogP contribution in [0.5, 0.6) is 23.0 Å². The molecule has 1 N–H and O–H groups in total. The molecular weight excluding hydrogens is 474 g/mol. The Balaban J connectivity index is 1.78. The molecule has 1 aliphatic carbocycles. The first-order chi connectivity index (χ1) is 17.8. The Morgan fingerprint density at radius 2 is 1.65 bits per heavy atom. The van der Waals surface area contributed by atoms with E-state index in [0.29, 0.717) is 52.6 Å². The number of benzene rings is 2. The Labute approximate surface area is 216 Å². The highest BCUT2D eigenvalue weighted by Gasteiger charge is 2.45. The molecule has 4 rings (SSSR count). The number of rotatable bonds is 8. The standard InChI is InChI=1S/C29H33NO7/c1-6-11-37-29(33)26-16(2)30-20-12-19(17-7-10-24(35-4)25(15-17)36-5)14-22(32)28(20)27(26)18-8-9-23(34-3)21(31)13-18/h7-10,13,15,19,26-27,31H,6,11-12,14H2,1-5H3/t19-,26?,27+/m0/s1. The molecule has 2 aliphatic rings. The summed E-state index contributed by atoms with van der Waals surface area (Å²) in [4.78, 5) is 31.7. The fraction of sp³-hybridized carbons (Fsp3) is 0.414. The maximum absolute atomic E-state index is 13.7. The summed E-state index contributed by atoms with van der Waals surface area (Å²) in [6, 6.07) is 10.6. The fourth-order valence-electron chi connectivity index (χ4n) is 5.26. The number of Topliss-reactive ketones (excluding diaryl/α,β-unsaturated/α-hetero) is 1. The van der Waals surface area contributed by atoms with Crippen LogP contribution in [0.4, 0.5) is 0 Å². The lowest BCUT2D eigenvalue weighted by atomic mass is 9.69. The van der Waals surface area contributed by atoms with E-state index in [1.807, 2.05) is 25.1 Å². The minimum Gasteiger partial charge on any atom is -0.504 e. The maximum atomic E-state index is 13.7. The van der Waals surface area contributed by atoms with E-state index in [1.54, 1.807) is 39.3 Å². The number of aromatic hydroxyl groups is 1. The Bertz CT molecular complexity index is 1260. The van der Waals surface area contributed by atoms with Gasteiger partial charge < -0.3 is 24.1 Å². The lowest BCUT2D eigenvalue weighted by molar-refractivity contribution is -0.146. The van der Waals surface area contributed by atoms with Gasteiger partial charge >= 0.3 is 5.97 Å². The number of hydrogen-bond donors (Lipinski definition) is 1. The number of methoxy groups -OCH3 is 3. The lowest BCUT2D eigenvalue weighted by Gasteiger charge is -2.36. The van der Waals surface area contributed by atoms with Gasteiger partial charge in [0.1, 0.15) is 5.92 Å². The monoisotopic (exact) mass is 507 g/mol. The molecule has 0 radical (unpaired) electrons. The molecule has 8 heteroatoms. The Hall–Kier alpha value is -3.81. The van der Waals surface area contributed by atoms with Gasteiger partial charge in [-0.1, -0.05) is 19.1 Å². The van der Waals surface area contributed by atoms with Crippen LogP contribution in [0.15, 0.2) is 52.7 Å². The number of aliphatic imine (C=N–C) groups is 1. The smallest absolute Gasteiger partial charge is 0.315 e. The third-order valence-corrected chi connectivity index (χ3v) is 7.03. The summed E-state index contributed by atoms with van der Waals surface area (Å²) in [5.74, 6) is -0.519. The summed E-state index contributed by atoms with van der Waals surface area (Å²) in [6.07, 6.45) is 1.48. The largest absolute Gasteiger partial charge is 0.504 e. The van der Waals surface area contributed by atoms with Gasteiger partial charge in [-0.15, -0.1) is 0 Å². The molecule has 0 saturated heterocycles. The van der Waals surface area contributed by atoms with E-state index in [9.17, 15) is 14.7 Å². The molecule has 1 heterocycles. The molecule has 0 saturated carbocycles. The predicted molar refractivity (Wildman–Crippen MR) is 139 cm³/mol. The minimum absolute atomic E-state index is 0.0607. The second kappa shape index (κ2) is 11.1. The molecule has 0 amide bonds. The second-order valence-electron chi connectivity index (χ2n) is 9.31. The van der Waals surface area contributed by atoms with E-state index in [-0.39, 0.29) is 30.5 Å². The van der Waals surface area contributed by atoms with Crippen LogP contribution < -0.4 is 14.2 Å². The molecule has 2 aromatic carbocycles. The molecule has 196 valence electrons. The van der Waals surface area contributed by atoms with E-state index >= 15 is 0 Å². The van der Waals surface area contributed by atoms with E-state index in [0.717, 1.165) is 5.56 Å². The molecule has 0 aromatic heterocycles. The van der Waals surface area contributed by atoms with Gasteiger partial charge in [-0.25, -0.2) is 0 Å². The SMILES string of the molecule is CCCOC(=O)C1C(C)=NC2=C(C(=O)C[C@@H](c3ccc(OC)c(OC)c3)C2)[C@@H]1c1ccc(OC)c(O)c1. The zero-order chi connectivity index (χ0) is 26.7. The van der Waals surface area contributed by atoms with Crippen LogP contribution in [0.2, 0.25) is 0 Å². The number of esters is 1. The van der Waals surface area contributed by atoms with Crippen LogP contribution >= 0.6 is 0 Å². The van der Waals surface area contributed by atoms with Crippen molar-refractivity contribution in [3.63, 3.8) is 0 Å². The highest BCUT2D eigenvalue weighted by atomic mass is 16.5. The Morgan fingerprint density at radius 1 is 0.973 bits per heavy atom. The summed E-state index contributed by atoms with van der Waals surface area (Å²) in [5.41, 5.74) is 3.34. The van der Waals surface area contributed by atoms with Crippen LogP contribution in [0.3, 0.4) is 0 Å². The first-order valence-corrected chi connectivity index (χ1v) is 12.4. The Morgan fingerprint density at radius 3 is 2.30 bits per heavy atom. The number of carbonyl (C=O) groups is 2. The van der Waals surface area contributed by atoms with Crippen LogP contribution in [-0.4, -0.2) is 50.5 Å². The third-order valence-electron chi connectivity index (χ3n) is 7.03. The van der Waals surface area contributed by atoms with Crippen molar-refractivity contribution in [1.82, 2.24) is 0 Å². The predicted octanol–water partition coefficient (Wildman–Crippen LogP) is 4.95. The van der Waals surface area contributed by atoms with Gasteiger partial charge in [-0.3, -0.25) is 14.6 Å². The topological polar surface area (TPSA) is 104 Å². The lowest BCUT2D eigenvalue weighted by Crippen LogP contribution is -2.38. The zero-order valence-corrected chi connectivity index (χ0v) is 21.9. The van der Waals surface area contributed by atoms with E-state index in [2.05, 4.69) is 0 Å². The van der Waals surface area contributed by atoms with Crippen molar-refractivity contribution in [2.75, 3.05) is 27.9 Å². The molecule has 0 bridgehead atoms. The number of ketones is 1.